The molecule has 0 fully saturated rings. The Morgan fingerprint density at radius 3 is 0.750 bits per heavy atom. The van der Waals surface area contributed by atoms with Crippen LogP contribution in [0, 0.1) is 11.8 Å². The van der Waals surface area contributed by atoms with Gasteiger partial charge in [0.2, 0.25) is 35.2 Å². The van der Waals surface area contributed by atoms with Crippen LogP contribution in [0.3, 0.4) is 0 Å². The Balaban J connectivity index is 0.000000359. The maximum Gasteiger partial charge on any atom is 0.351 e. The zero-order chi connectivity index (χ0) is 65.2. The van der Waals surface area contributed by atoms with Gasteiger partial charge in [0.25, 0.3) is 11.4 Å². The van der Waals surface area contributed by atoms with Gasteiger partial charge in [0.15, 0.2) is 0 Å². The summed E-state index contributed by atoms with van der Waals surface area (Å²) in [6.45, 7) is 72.0. The van der Waals surface area contributed by atoms with E-state index in [1.165, 1.54) is 92.9 Å². The third-order valence-electron chi connectivity index (χ3n) is 16.3. The Labute approximate surface area is 514 Å². The molecule has 464 valence electrons. The zero-order valence-electron chi connectivity index (χ0n) is 59.8. The smallest absolute Gasteiger partial charge is 0.351 e. The highest BCUT2D eigenvalue weighted by Crippen LogP contribution is 2.43. The Bertz CT molecular complexity index is 2910. The summed E-state index contributed by atoms with van der Waals surface area (Å²) < 4.78 is 18.8. The van der Waals surface area contributed by atoms with Crippen LogP contribution in [-0.4, -0.2) is 80.6 Å². The van der Waals surface area contributed by atoms with Crippen molar-refractivity contribution in [1.82, 2.24) is 0 Å². The lowest BCUT2D eigenvalue weighted by Gasteiger charge is -2.26. The van der Waals surface area contributed by atoms with E-state index in [9.17, 15) is 9.59 Å². The van der Waals surface area contributed by atoms with Crippen molar-refractivity contribution in [3.63, 3.8) is 0 Å². The van der Waals surface area contributed by atoms with Crippen molar-refractivity contribution < 1.29 is 37.4 Å². The lowest BCUT2D eigenvalue weighted by Crippen LogP contribution is -2.30. The van der Waals surface area contributed by atoms with E-state index in [0.717, 1.165) is 0 Å². The molecule has 4 aromatic carbocycles. The van der Waals surface area contributed by atoms with Crippen LogP contribution in [0.25, 0.3) is 0 Å². The lowest BCUT2D eigenvalue weighted by atomic mass is 9.80. The highest BCUT2D eigenvalue weighted by Gasteiger charge is 2.47. The molecule has 0 aromatic heterocycles. The maximum atomic E-state index is 10.3. The van der Waals surface area contributed by atoms with Gasteiger partial charge in [-0.15, -0.1) is 18.3 Å². The lowest BCUT2D eigenvalue weighted by molar-refractivity contribution is -0.688. The van der Waals surface area contributed by atoms with E-state index in [1.807, 2.05) is 0 Å². The van der Waals surface area contributed by atoms with Gasteiger partial charge < -0.3 is 9.47 Å². The number of methoxy groups -OCH3 is 2. The number of hydrogen-bond donors (Lipinski definition) is 0. The standard InChI is InChI=1S/C34H52N2.C32H48N2.2C5H10O2/c1-22-23(2)36(30-21-26(32(7,8)9)17-19-28(30)34(13,14)15)24(3)35(22)29-20-25(31(4,5)6)16-18-27(29)33(10,11)12;1-22-33(27-20-23(29(2,3)4)14-16-25(27)31(8,9)10)18-19-34(22)28-21-24(30(5,6)7)15-17-26(28)32(11,12)13;2*1-4(2)5(6)7-3/h16-21,24H,1-15H3;14-22H,1-13H3;2*4H,1-3H3/q2*+2;;. The molecule has 8 heteroatoms. The summed E-state index contributed by atoms with van der Waals surface area (Å²) in [5, 5.41) is 0. The Morgan fingerprint density at radius 2 is 0.571 bits per heavy atom. The molecule has 0 unspecified atom stereocenters. The molecule has 2 aliphatic heterocycles. The Kier molecular flexibility index (Phi) is 23.1. The second-order valence-electron chi connectivity index (χ2n) is 32.6. The molecule has 0 bridgehead atoms. The van der Waals surface area contributed by atoms with Crippen molar-refractivity contribution in [1.29, 1.82) is 0 Å². The van der Waals surface area contributed by atoms with Crippen molar-refractivity contribution in [2.45, 2.75) is 277 Å². The number of esters is 2. The molecule has 0 amide bonds. The third-order valence-corrected chi connectivity index (χ3v) is 16.3. The van der Waals surface area contributed by atoms with Gasteiger partial charge in [-0.1, -0.05) is 242 Å². The largest absolute Gasteiger partial charge is 0.469 e. The first kappa shape index (κ1) is 72.8. The normalized spacial score (nSPS) is 15.0. The Morgan fingerprint density at radius 1 is 0.357 bits per heavy atom. The summed E-state index contributed by atoms with van der Waals surface area (Å²) in [6, 6.07) is 28.5. The first-order valence-corrected chi connectivity index (χ1v) is 31.1. The third kappa shape index (κ3) is 18.0. The predicted molar refractivity (Wildman–Crippen MR) is 361 cm³/mol. The van der Waals surface area contributed by atoms with Gasteiger partial charge in [-0.25, -0.2) is 0 Å². The van der Waals surface area contributed by atoms with Crippen LogP contribution in [0.2, 0.25) is 0 Å². The van der Waals surface area contributed by atoms with Gasteiger partial charge in [-0.05, 0) is 65.6 Å². The van der Waals surface area contributed by atoms with E-state index in [2.05, 4.69) is 307 Å². The van der Waals surface area contributed by atoms with E-state index < -0.39 is 0 Å². The van der Waals surface area contributed by atoms with Crippen LogP contribution in [-0.2, 0) is 62.4 Å². The van der Waals surface area contributed by atoms with Gasteiger partial charge in [-0.2, -0.15) is 0 Å². The minimum atomic E-state index is -0.153. The number of hydrogen-bond acceptors (Lipinski definition) is 4. The fourth-order valence-corrected chi connectivity index (χ4v) is 10.7. The first-order valence-electron chi connectivity index (χ1n) is 31.1. The summed E-state index contributed by atoms with van der Waals surface area (Å²) >= 11 is 0. The van der Waals surface area contributed by atoms with Crippen molar-refractivity contribution in [3.05, 3.63) is 117 Å². The highest BCUT2D eigenvalue weighted by molar-refractivity contribution is 6.37. The van der Waals surface area contributed by atoms with Crippen LogP contribution in [0.15, 0.2) is 72.8 Å². The molecule has 2 heterocycles. The number of nitrogens with zero attached hydrogens (tertiary/aromatic N) is 4. The number of carbonyl (C=O) groups is 2. The van der Waals surface area contributed by atoms with Gasteiger partial charge >= 0.3 is 24.3 Å². The number of carbonyl (C=O) groups excluding carboxylic acids is 2. The molecule has 0 atom stereocenters. The molecule has 2 aliphatic rings. The SMILES string of the molecule is CC1=[N+](c2cc(C(C)(C)C)ccc2C(C)(C)C)C(C)[N+](c2cc(C(C)(C)C)ccc2C(C)(C)C)=C1C.CC1[N+](c2cc(C(C)(C)C)ccc2C(C)(C)C)=CC=[N+]1c1cc(C(C)(C)C)ccc1C(C)(C)C.COC(=O)C(C)C.COC(=O)C(C)C. The fraction of sp³-hybridized carbons (Fsp3) is 0.605. The fourth-order valence-electron chi connectivity index (χ4n) is 10.7. The van der Waals surface area contributed by atoms with E-state index in [0.29, 0.717) is 0 Å². The van der Waals surface area contributed by atoms with Crippen LogP contribution in [0.5, 0.6) is 0 Å². The van der Waals surface area contributed by atoms with Crippen molar-refractivity contribution >= 4 is 58.5 Å². The molecule has 0 radical (unpaired) electrons. The summed E-state index contributed by atoms with van der Waals surface area (Å²) in [7, 11) is 2.78. The molecule has 0 aliphatic carbocycles. The molecule has 6 rings (SSSR count). The molecule has 84 heavy (non-hydrogen) atoms. The Hall–Kier alpha value is -5.50. The van der Waals surface area contributed by atoms with E-state index in [1.54, 1.807) is 27.7 Å². The summed E-state index contributed by atoms with van der Waals surface area (Å²) in [5.41, 5.74) is 19.7. The minimum absolute atomic E-state index is 0.00463. The van der Waals surface area contributed by atoms with Crippen molar-refractivity contribution in [2.24, 2.45) is 11.8 Å². The number of ether oxygens (including phenoxy) is 2. The molecular weight excluding hydrogens is 1030 g/mol. The van der Waals surface area contributed by atoms with Gasteiger partial charge in [0, 0.05) is 60.4 Å². The van der Waals surface area contributed by atoms with Crippen LogP contribution in [0.4, 0.5) is 22.7 Å². The molecule has 0 saturated heterocycles. The predicted octanol–water partition coefficient (Wildman–Crippen LogP) is 19.1. The van der Waals surface area contributed by atoms with Gasteiger partial charge in [0.05, 0.1) is 39.9 Å². The minimum Gasteiger partial charge on any atom is -0.469 e. The topological polar surface area (TPSA) is 64.6 Å². The first-order chi connectivity index (χ1) is 37.8. The van der Waals surface area contributed by atoms with Crippen LogP contribution < -0.4 is 0 Å². The quantitative estimate of drug-likeness (QED) is 0.143. The number of rotatable bonds is 6. The molecule has 0 N–H and O–H groups in total. The van der Waals surface area contributed by atoms with Gasteiger partial charge in [0.1, 0.15) is 0 Å². The molecule has 8 nitrogen and oxygen atoms in total. The van der Waals surface area contributed by atoms with E-state index in [-0.39, 0.29) is 79.4 Å². The molecule has 0 spiro atoms. The van der Waals surface area contributed by atoms with E-state index in [4.69, 9.17) is 0 Å². The monoisotopic (exact) mass is 1150 g/mol. The van der Waals surface area contributed by atoms with Crippen LogP contribution in [0.1, 0.15) is 266 Å². The molecular formula is C76H120N4O4+4. The van der Waals surface area contributed by atoms with Crippen LogP contribution >= 0.6 is 0 Å². The summed E-state index contributed by atoms with van der Waals surface area (Å²) in [6.07, 6.45) is 4.92. The van der Waals surface area contributed by atoms with Crippen molar-refractivity contribution in [3.8, 4) is 0 Å². The number of benzene rings is 4. The average molecular weight is 1150 g/mol. The summed E-state index contributed by atoms with van der Waals surface area (Å²) in [5.74, 6) is -0.296. The zero-order valence-corrected chi connectivity index (χ0v) is 59.8. The van der Waals surface area contributed by atoms with E-state index >= 15 is 0 Å². The second kappa shape index (κ2) is 26.6. The average Bonchev–Trinajstić information content (AvgIpc) is 2.20. The molecule has 4 aromatic rings. The van der Waals surface area contributed by atoms with Crippen molar-refractivity contribution in [2.75, 3.05) is 14.2 Å². The van der Waals surface area contributed by atoms with Gasteiger partial charge in [-0.3, -0.25) is 9.59 Å². The maximum absolute atomic E-state index is 10.3. The summed E-state index contributed by atoms with van der Waals surface area (Å²) in [4.78, 5) is 20.6. The molecule has 0 saturated carbocycles. The second-order valence-corrected chi connectivity index (χ2v) is 32.6. The highest BCUT2D eigenvalue weighted by atomic mass is 16.5.